The maximum Gasteiger partial charge on any atom is 0.149 e. The average molecular weight is 264 g/mol. The number of hydrogen-bond donors (Lipinski definition) is 1. The van der Waals surface area contributed by atoms with Crippen molar-refractivity contribution < 1.29 is 4.74 Å². The summed E-state index contributed by atoms with van der Waals surface area (Å²) < 4.78 is 5.28. The Bertz CT molecular complexity index is 546. The molecule has 94 valence electrons. The van der Waals surface area contributed by atoms with E-state index in [9.17, 15) is 0 Å². The predicted octanol–water partition coefficient (Wildman–Crippen LogP) is 3.06. The molecule has 2 aromatic rings. The number of hydrogen-bond acceptors (Lipinski definition) is 4. The molecule has 0 unspecified atom stereocenters. The normalized spacial score (nSPS) is 10.2. The lowest BCUT2D eigenvalue weighted by atomic mass is 10.2. The standard InChI is InChI=1S/C13H14ClN3O/c1-9-6-13(17-16-7-9)15-8-10-11(14)4-3-5-12(10)18-2/h3-7H,8H2,1-2H3,(H,15,17). The van der Waals surface area contributed by atoms with Gasteiger partial charge in [-0.25, -0.2) is 0 Å². The summed E-state index contributed by atoms with van der Waals surface area (Å²) in [5.41, 5.74) is 1.96. The van der Waals surface area contributed by atoms with Crippen molar-refractivity contribution in [3.8, 4) is 5.75 Å². The maximum absolute atomic E-state index is 6.15. The molecule has 0 aliphatic rings. The molecule has 1 aromatic heterocycles. The number of methoxy groups -OCH3 is 1. The van der Waals surface area contributed by atoms with E-state index in [1.54, 1.807) is 13.3 Å². The van der Waals surface area contributed by atoms with Crippen LogP contribution in [-0.4, -0.2) is 17.3 Å². The van der Waals surface area contributed by atoms with Crippen molar-refractivity contribution in [2.24, 2.45) is 0 Å². The maximum atomic E-state index is 6.15. The number of ether oxygens (including phenoxy) is 1. The first kappa shape index (κ1) is 12.6. The molecule has 2 rings (SSSR count). The molecule has 18 heavy (non-hydrogen) atoms. The van der Waals surface area contributed by atoms with Crippen molar-refractivity contribution >= 4 is 17.4 Å². The van der Waals surface area contributed by atoms with E-state index < -0.39 is 0 Å². The Labute approximate surface area is 111 Å². The number of nitrogens with zero attached hydrogens (tertiary/aromatic N) is 2. The fourth-order valence-electron chi connectivity index (χ4n) is 1.63. The smallest absolute Gasteiger partial charge is 0.149 e. The minimum absolute atomic E-state index is 0.543. The molecule has 0 amide bonds. The molecule has 0 aliphatic heterocycles. The Kier molecular flexibility index (Phi) is 3.99. The quantitative estimate of drug-likeness (QED) is 0.921. The molecule has 5 heteroatoms. The lowest BCUT2D eigenvalue weighted by Gasteiger charge is -2.11. The molecule has 0 atom stereocenters. The lowest BCUT2D eigenvalue weighted by Crippen LogP contribution is -2.04. The molecular formula is C13H14ClN3O. The van der Waals surface area contributed by atoms with Crippen LogP contribution >= 0.6 is 11.6 Å². The van der Waals surface area contributed by atoms with Crippen LogP contribution < -0.4 is 10.1 Å². The van der Waals surface area contributed by atoms with Gasteiger partial charge in [-0.3, -0.25) is 0 Å². The first-order valence-electron chi connectivity index (χ1n) is 5.55. The minimum Gasteiger partial charge on any atom is -0.496 e. The Morgan fingerprint density at radius 2 is 2.22 bits per heavy atom. The third-order valence-electron chi connectivity index (χ3n) is 2.53. The van der Waals surface area contributed by atoms with Gasteiger partial charge in [-0.2, -0.15) is 5.10 Å². The first-order chi connectivity index (χ1) is 8.70. The molecule has 0 saturated carbocycles. The van der Waals surface area contributed by atoms with Gasteiger partial charge in [0, 0.05) is 17.1 Å². The molecule has 0 aliphatic carbocycles. The number of anilines is 1. The number of halogens is 1. The highest BCUT2D eigenvalue weighted by molar-refractivity contribution is 6.31. The van der Waals surface area contributed by atoms with Crippen LogP contribution in [-0.2, 0) is 6.54 Å². The van der Waals surface area contributed by atoms with Gasteiger partial charge in [-0.05, 0) is 30.7 Å². The van der Waals surface area contributed by atoms with Crippen LogP contribution in [0.3, 0.4) is 0 Å². The van der Waals surface area contributed by atoms with Crippen LogP contribution in [0.15, 0.2) is 30.5 Å². The highest BCUT2D eigenvalue weighted by atomic mass is 35.5. The molecule has 4 nitrogen and oxygen atoms in total. The van der Waals surface area contributed by atoms with Crippen molar-refractivity contribution in [2.75, 3.05) is 12.4 Å². The number of rotatable bonds is 4. The van der Waals surface area contributed by atoms with Gasteiger partial charge in [-0.15, -0.1) is 5.10 Å². The largest absolute Gasteiger partial charge is 0.496 e. The molecule has 0 saturated heterocycles. The molecule has 0 radical (unpaired) electrons. The average Bonchev–Trinajstić information content (AvgIpc) is 2.37. The van der Waals surface area contributed by atoms with Crippen molar-refractivity contribution in [3.05, 3.63) is 46.6 Å². The Morgan fingerprint density at radius 3 is 2.94 bits per heavy atom. The third-order valence-corrected chi connectivity index (χ3v) is 2.89. The summed E-state index contributed by atoms with van der Waals surface area (Å²) in [6.45, 7) is 2.51. The van der Waals surface area contributed by atoms with Crippen LogP contribution in [0.5, 0.6) is 5.75 Å². The summed E-state index contributed by atoms with van der Waals surface area (Å²) in [6.07, 6.45) is 1.71. The predicted molar refractivity (Wildman–Crippen MR) is 72.1 cm³/mol. The van der Waals surface area contributed by atoms with Crippen molar-refractivity contribution in [2.45, 2.75) is 13.5 Å². The molecule has 0 spiro atoms. The Balaban J connectivity index is 2.15. The lowest BCUT2D eigenvalue weighted by molar-refractivity contribution is 0.410. The van der Waals surface area contributed by atoms with Gasteiger partial charge in [0.25, 0.3) is 0 Å². The van der Waals surface area contributed by atoms with E-state index in [-0.39, 0.29) is 0 Å². The van der Waals surface area contributed by atoms with Gasteiger partial charge < -0.3 is 10.1 Å². The number of aryl methyl sites for hydroxylation is 1. The van der Waals surface area contributed by atoms with Gasteiger partial charge in [-0.1, -0.05) is 17.7 Å². The monoisotopic (exact) mass is 263 g/mol. The fraction of sp³-hybridized carbons (Fsp3) is 0.231. The van der Waals surface area contributed by atoms with E-state index in [2.05, 4.69) is 15.5 Å². The van der Waals surface area contributed by atoms with Crippen LogP contribution in [0.1, 0.15) is 11.1 Å². The second-order valence-corrected chi connectivity index (χ2v) is 4.30. The second-order valence-electron chi connectivity index (χ2n) is 3.89. The van der Waals surface area contributed by atoms with Gasteiger partial charge in [0.05, 0.1) is 13.3 Å². The number of aromatic nitrogens is 2. The van der Waals surface area contributed by atoms with Crippen molar-refractivity contribution in [1.82, 2.24) is 10.2 Å². The molecule has 1 N–H and O–H groups in total. The zero-order valence-electron chi connectivity index (χ0n) is 10.3. The van der Waals surface area contributed by atoms with E-state index in [1.165, 1.54) is 0 Å². The van der Waals surface area contributed by atoms with E-state index in [0.717, 1.165) is 22.7 Å². The highest BCUT2D eigenvalue weighted by Crippen LogP contribution is 2.26. The van der Waals surface area contributed by atoms with Gasteiger partial charge in [0.2, 0.25) is 0 Å². The summed E-state index contributed by atoms with van der Waals surface area (Å²) in [7, 11) is 1.63. The molecule has 0 bridgehead atoms. The molecule has 1 aromatic carbocycles. The summed E-state index contributed by atoms with van der Waals surface area (Å²) >= 11 is 6.15. The zero-order valence-corrected chi connectivity index (χ0v) is 11.0. The van der Waals surface area contributed by atoms with E-state index in [1.807, 2.05) is 31.2 Å². The van der Waals surface area contributed by atoms with Crippen LogP contribution in [0.25, 0.3) is 0 Å². The third kappa shape index (κ3) is 2.90. The number of benzene rings is 1. The molecule has 0 fully saturated rings. The molecular weight excluding hydrogens is 250 g/mol. The summed E-state index contributed by atoms with van der Waals surface area (Å²) in [6, 6.07) is 7.50. The first-order valence-corrected chi connectivity index (χ1v) is 5.93. The van der Waals surface area contributed by atoms with Gasteiger partial charge in [0.1, 0.15) is 11.6 Å². The second kappa shape index (κ2) is 5.69. The fourth-order valence-corrected chi connectivity index (χ4v) is 1.86. The zero-order chi connectivity index (χ0) is 13.0. The van der Waals surface area contributed by atoms with Crippen molar-refractivity contribution in [3.63, 3.8) is 0 Å². The Hall–Kier alpha value is -1.81. The van der Waals surface area contributed by atoms with Gasteiger partial charge in [0.15, 0.2) is 0 Å². The van der Waals surface area contributed by atoms with Crippen LogP contribution in [0, 0.1) is 6.92 Å². The minimum atomic E-state index is 0.543. The highest BCUT2D eigenvalue weighted by Gasteiger charge is 2.07. The summed E-state index contributed by atoms with van der Waals surface area (Å²) in [5, 5.41) is 11.7. The summed E-state index contributed by atoms with van der Waals surface area (Å²) in [5.74, 6) is 1.48. The topological polar surface area (TPSA) is 47.0 Å². The van der Waals surface area contributed by atoms with E-state index in [4.69, 9.17) is 16.3 Å². The SMILES string of the molecule is COc1cccc(Cl)c1CNc1cc(C)cnn1. The summed E-state index contributed by atoms with van der Waals surface area (Å²) in [4.78, 5) is 0. The van der Waals surface area contributed by atoms with Gasteiger partial charge >= 0.3 is 0 Å². The van der Waals surface area contributed by atoms with Crippen molar-refractivity contribution in [1.29, 1.82) is 0 Å². The van der Waals surface area contributed by atoms with E-state index >= 15 is 0 Å². The molecule has 1 heterocycles. The van der Waals surface area contributed by atoms with Crippen LogP contribution in [0.4, 0.5) is 5.82 Å². The van der Waals surface area contributed by atoms with E-state index in [0.29, 0.717) is 11.6 Å². The van der Waals surface area contributed by atoms with Crippen LogP contribution in [0.2, 0.25) is 5.02 Å². The number of nitrogens with one attached hydrogen (secondary N) is 1. The Morgan fingerprint density at radius 1 is 1.39 bits per heavy atom.